The predicted molar refractivity (Wildman–Crippen MR) is 53.4 cm³/mol. The van der Waals surface area contributed by atoms with Crippen LogP contribution in [0.1, 0.15) is 26.2 Å². The highest BCUT2D eigenvalue weighted by atomic mass is 15.1. The average Bonchev–Trinajstić information content (AvgIpc) is 2.09. The first-order chi connectivity index (χ1) is 5.83. The topological polar surface area (TPSA) is 15.3 Å². The lowest BCUT2D eigenvalue weighted by molar-refractivity contribution is 0.212. The van der Waals surface area contributed by atoms with E-state index in [1.807, 2.05) is 0 Å². The van der Waals surface area contributed by atoms with Gasteiger partial charge in [0.2, 0.25) is 0 Å². The fourth-order valence-electron chi connectivity index (χ4n) is 1.83. The van der Waals surface area contributed by atoms with Gasteiger partial charge in [0.05, 0.1) is 0 Å². The van der Waals surface area contributed by atoms with Gasteiger partial charge in [-0.05, 0) is 58.4 Å². The fourth-order valence-corrected chi connectivity index (χ4v) is 1.83. The van der Waals surface area contributed by atoms with Crippen LogP contribution < -0.4 is 5.32 Å². The average molecular weight is 170 g/mol. The summed E-state index contributed by atoms with van der Waals surface area (Å²) in [6.45, 7) is 7.11. The van der Waals surface area contributed by atoms with E-state index >= 15 is 0 Å². The normalized spacial score (nSPS) is 21.5. The minimum absolute atomic E-state index is 0.986. The van der Waals surface area contributed by atoms with Gasteiger partial charge in [0.1, 0.15) is 0 Å². The second-order valence-corrected chi connectivity index (χ2v) is 3.89. The van der Waals surface area contributed by atoms with Crippen LogP contribution in [-0.2, 0) is 0 Å². The van der Waals surface area contributed by atoms with E-state index in [4.69, 9.17) is 0 Å². The zero-order chi connectivity index (χ0) is 8.81. The maximum absolute atomic E-state index is 3.39. The SMILES string of the molecule is CCNCCC1CCN(C)CC1. The Morgan fingerprint density at radius 2 is 2.00 bits per heavy atom. The molecule has 1 aliphatic heterocycles. The van der Waals surface area contributed by atoms with Gasteiger partial charge in [0.25, 0.3) is 0 Å². The second kappa shape index (κ2) is 5.55. The molecule has 2 nitrogen and oxygen atoms in total. The van der Waals surface area contributed by atoms with Crippen LogP contribution in [0.4, 0.5) is 0 Å². The summed E-state index contributed by atoms with van der Waals surface area (Å²) >= 11 is 0. The number of nitrogens with zero attached hydrogens (tertiary/aromatic N) is 1. The Labute approximate surface area is 76.3 Å². The van der Waals surface area contributed by atoms with Crippen molar-refractivity contribution in [2.45, 2.75) is 26.2 Å². The van der Waals surface area contributed by atoms with Crippen molar-refractivity contribution in [3.8, 4) is 0 Å². The van der Waals surface area contributed by atoms with E-state index in [1.54, 1.807) is 0 Å². The van der Waals surface area contributed by atoms with Gasteiger partial charge in [-0.2, -0.15) is 0 Å². The zero-order valence-electron chi connectivity index (χ0n) is 8.47. The molecule has 0 aromatic rings. The number of hydrogen-bond acceptors (Lipinski definition) is 2. The number of hydrogen-bond donors (Lipinski definition) is 1. The summed E-state index contributed by atoms with van der Waals surface area (Å²) in [6.07, 6.45) is 4.19. The molecule has 0 unspecified atom stereocenters. The molecule has 0 aliphatic carbocycles. The first kappa shape index (κ1) is 10.0. The smallest absolute Gasteiger partial charge is 0.00191 e. The summed E-state index contributed by atoms with van der Waals surface area (Å²) in [4.78, 5) is 2.43. The molecular formula is C10H22N2. The first-order valence-corrected chi connectivity index (χ1v) is 5.22. The summed E-state index contributed by atoms with van der Waals surface area (Å²) in [5.74, 6) is 0.986. The molecule has 0 radical (unpaired) electrons. The van der Waals surface area contributed by atoms with Crippen LogP contribution in [0.3, 0.4) is 0 Å². The standard InChI is InChI=1S/C10H22N2/c1-3-11-7-4-10-5-8-12(2)9-6-10/h10-11H,3-9H2,1-2H3. The summed E-state index contributed by atoms with van der Waals surface area (Å²) in [6, 6.07) is 0. The van der Waals surface area contributed by atoms with Gasteiger partial charge in [0.15, 0.2) is 0 Å². The van der Waals surface area contributed by atoms with Crippen LogP contribution in [0.5, 0.6) is 0 Å². The van der Waals surface area contributed by atoms with Crippen molar-refractivity contribution >= 4 is 0 Å². The van der Waals surface area contributed by atoms with E-state index in [2.05, 4.69) is 24.2 Å². The van der Waals surface area contributed by atoms with E-state index in [9.17, 15) is 0 Å². The van der Waals surface area contributed by atoms with Crippen molar-refractivity contribution in [3.05, 3.63) is 0 Å². The minimum atomic E-state index is 0.986. The monoisotopic (exact) mass is 170 g/mol. The van der Waals surface area contributed by atoms with Crippen LogP contribution >= 0.6 is 0 Å². The molecule has 0 aromatic carbocycles. The van der Waals surface area contributed by atoms with E-state index in [1.165, 1.54) is 38.9 Å². The van der Waals surface area contributed by atoms with Gasteiger partial charge in [-0.1, -0.05) is 6.92 Å². The highest BCUT2D eigenvalue weighted by molar-refractivity contribution is 4.70. The van der Waals surface area contributed by atoms with Crippen LogP contribution in [0, 0.1) is 5.92 Å². The molecule has 0 aromatic heterocycles. The van der Waals surface area contributed by atoms with Gasteiger partial charge in [-0.3, -0.25) is 0 Å². The summed E-state index contributed by atoms with van der Waals surface area (Å²) in [7, 11) is 2.22. The summed E-state index contributed by atoms with van der Waals surface area (Å²) in [5.41, 5.74) is 0. The minimum Gasteiger partial charge on any atom is -0.317 e. The number of piperidine rings is 1. The molecule has 72 valence electrons. The third-order valence-electron chi connectivity index (χ3n) is 2.82. The van der Waals surface area contributed by atoms with Crippen molar-refractivity contribution in [1.82, 2.24) is 10.2 Å². The Kier molecular flexibility index (Phi) is 4.62. The van der Waals surface area contributed by atoms with Gasteiger partial charge in [0, 0.05) is 0 Å². The molecule has 12 heavy (non-hydrogen) atoms. The number of nitrogens with one attached hydrogen (secondary N) is 1. The lowest BCUT2D eigenvalue weighted by atomic mass is 9.94. The van der Waals surface area contributed by atoms with Crippen LogP contribution in [-0.4, -0.2) is 38.1 Å². The Hall–Kier alpha value is -0.0800. The van der Waals surface area contributed by atoms with Gasteiger partial charge in [-0.25, -0.2) is 0 Å². The molecule has 0 bridgehead atoms. The van der Waals surface area contributed by atoms with Crippen LogP contribution in [0.25, 0.3) is 0 Å². The van der Waals surface area contributed by atoms with Gasteiger partial charge < -0.3 is 10.2 Å². The van der Waals surface area contributed by atoms with Crippen LogP contribution in [0.15, 0.2) is 0 Å². The zero-order valence-corrected chi connectivity index (χ0v) is 8.47. The molecule has 1 saturated heterocycles. The van der Waals surface area contributed by atoms with Crippen molar-refractivity contribution in [3.63, 3.8) is 0 Å². The predicted octanol–water partition coefficient (Wildman–Crippen LogP) is 1.33. The van der Waals surface area contributed by atoms with Gasteiger partial charge >= 0.3 is 0 Å². The van der Waals surface area contributed by atoms with Crippen molar-refractivity contribution in [2.75, 3.05) is 33.2 Å². The molecule has 0 atom stereocenters. The molecular weight excluding hydrogens is 148 g/mol. The molecule has 1 N–H and O–H groups in total. The van der Waals surface area contributed by atoms with Crippen LogP contribution in [0.2, 0.25) is 0 Å². The molecule has 1 heterocycles. The third kappa shape index (κ3) is 3.55. The van der Waals surface area contributed by atoms with E-state index in [0.29, 0.717) is 0 Å². The molecule has 0 amide bonds. The highest BCUT2D eigenvalue weighted by Crippen LogP contribution is 2.18. The lowest BCUT2D eigenvalue weighted by Gasteiger charge is -2.28. The fraction of sp³-hybridized carbons (Fsp3) is 1.00. The first-order valence-electron chi connectivity index (χ1n) is 5.22. The number of rotatable bonds is 4. The molecule has 0 saturated carbocycles. The van der Waals surface area contributed by atoms with Crippen molar-refractivity contribution in [1.29, 1.82) is 0 Å². The summed E-state index contributed by atoms with van der Waals surface area (Å²) in [5, 5.41) is 3.39. The highest BCUT2D eigenvalue weighted by Gasteiger charge is 2.15. The number of likely N-dealkylation sites (tertiary alicyclic amines) is 1. The maximum Gasteiger partial charge on any atom is -0.00191 e. The maximum atomic E-state index is 3.39. The quantitative estimate of drug-likeness (QED) is 0.640. The van der Waals surface area contributed by atoms with Crippen molar-refractivity contribution < 1.29 is 0 Å². The Balaban J connectivity index is 2.01. The third-order valence-corrected chi connectivity index (χ3v) is 2.82. The Bertz CT molecular complexity index is 106. The molecule has 1 rings (SSSR count). The lowest BCUT2D eigenvalue weighted by Crippen LogP contribution is -2.31. The molecule has 1 aliphatic rings. The Morgan fingerprint density at radius 3 is 2.58 bits per heavy atom. The second-order valence-electron chi connectivity index (χ2n) is 3.89. The van der Waals surface area contributed by atoms with E-state index < -0.39 is 0 Å². The molecule has 2 heteroatoms. The largest absolute Gasteiger partial charge is 0.317 e. The molecule has 0 spiro atoms. The van der Waals surface area contributed by atoms with E-state index in [0.717, 1.165) is 12.5 Å². The molecule has 1 fully saturated rings. The van der Waals surface area contributed by atoms with E-state index in [-0.39, 0.29) is 0 Å². The summed E-state index contributed by atoms with van der Waals surface area (Å²) < 4.78 is 0. The van der Waals surface area contributed by atoms with Gasteiger partial charge in [-0.15, -0.1) is 0 Å². The Morgan fingerprint density at radius 1 is 1.33 bits per heavy atom. The van der Waals surface area contributed by atoms with Crippen molar-refractivity contribution in [2.24, 2.45) is 5.92 Å².